The van der Waals surface area contributed by atoms with E-state index in [0.29, 0.717) is 12.1 Å². The molecule has 1 aliphatic rings. The molecular formula is C25H23N3O. The zero-order valence-electron chi connectivity index (χ0n) is 16.5. The number of hydrogen-bond donors (Lipinski definition) is 1. The number of hydrogen-bond acceptors (Lipinski definition) is 2. The Balaban J connectivity index is 1.89. The first-order chi connectivity index (χ1) is 14.1. The molecule has 0 fully saturated rings. The molecule has 1 aliphatic carbocycles. The largest absolute Gasteiger partial charge is 0.365 e. The maximum atomic E-state index is 12.4. The van der Waals surface area contributed by atoms with Crippen LogP contribution < -0.4 is 5.73 Å². The Bertz CT molecular complexity index is 1220. The molecule has 5 rings (SSSR count). The maximum absolute atomic E-state index is 12.4. The quantitative estimate of drug-likeness (QED) is 0.559. The number of amides is 1. The van der Waals surface area contributed by atoms with Crippen LogP contribution >= 0.6 is 0 Å². The average molecular weight is 381 g/mol. The van der Waals surface area contributed by atoms with E-state index in [4.69, 9.17) is 10.7 Å². The van der Waals surface area contributed by atoms with Crippen molar-refractivity contribution in [2.45, 2.75) is 32.7 Å². The van der Waals surface area contributed by atoms with Gasteiger partial charge in [-0.3, -0.25) is 9.78 Å². The average Bonchev–Trinajstić information content (AvgIpc) is 3.30. The molecule has 0 radical (unpaired) electrons. The van der Waals surface area contributed by atoms with Gasteiger partial charge in [0.1, 0.15) is 5.52 Å². The third-order valence-electron chi connectivity index (χ3n) is 5.96. The number of nitrogens with two attached hydrogens (primary N) is 1. The first kappa shape index (κ1) is 17.7. The van der Waals surface area contributed by atoms with Crippen molar-refractivity contribution in [3.63, 3.8) is 0 Å². The SMILES string of the molecule is Cc1c(C(N)=O)c2nc3c(c(-c4ccccc4)c2n1Cc1ccccc1)CCC3. The minimum atomic E-state index is -0.413. The summed E-state index contributed by atoms with van der Waals surface area (Å²) in [6.45, 7) is 2.65. The predicted molar refractivity (Wildman–Crippen MR) is 116 cm³/mol. The zero-order valence-corrected chi connectivity index (χ0v) is 16.5. The molecular weight excluding hydrogens is 358 g/mol. The van der Waals surface area contributed by atoms with Crippen molar-refractivity contribution in [3.8, 4) is 11.1 Å². The number of benzene rings is 2. The molecule has 0 saturated heterocycles. The van der Waals surface area contributed by atoms with Gasteiger partial charge in [-0.2, -0.15) is 0 Å². The van der Waals surface area contributed by atoms with Crippen LogP contribution in [0.5, 0.6) is 0 Å². The number of aryl methyl sites for hydroxylation is 1. The van der Waals surface area contributed by atoms with Gasteiger partial charge in [0.15, 0.2) is 0 Å². The van der Waals surface area contributed by atoms with E-state index in [-0.39, 0.29) is 0 Å². The van der Waals surface area contributed by atoms with Crippen molar-refractivity contribution in [1.29, 1.82) is 0 Å². The maximum Gasteiger partial charge on any atom is 0.252 e. The van der Waals surface area contributed by atoms with Crippen LogP contribution in [-0.4, -0.2) is 15.5 Å². The standard InChI is InChI=1S/C25H23N3O/c1-16-21(25(26)29)23-24(28(16)15-17-9-4-2-5-10-17)22(18-11-6-3-7-12-18)19-13-8-14-20(19)27-23/h2-7,9-12H,8,13-15H2,1H3,(H2,26,29). The topological polar surface area (TPSA) is 60.9 Å². The lowest BCUT2D eigenvalue weighted by Gasteiger charge is -2.15. The summed E-state index contributed by atoms with van der Waals surface area (Å²) < 4.78 is 2.22. The molecule has 0 bridgehead atoms. The Hall–Kier alpha value is -3.40. The van der Waals surface area contributed by atoms with E-state index in [9.17, 15) is 4.79 Å². The summed E-state index contributed by atoms with van der Waals surface area (Å²) in [5, 5.41) is 0. The Labute approximate surface area is 170 Å². The summed E-state index contributed by atoms with van der Waals surface area (Å²) in [6.07, 6.45) is 3.06. The van der Waals surface area contributed by atoms with Crippen LogP contribution in [0.3, 0.4) is 0 Å². The van der Waals surface area contributed by atoms with Gasteiger partial charge in [0.05, 0.1) is 11.1 Å². The van der Waals surface area contributed by atoms with Gasteiger partial charge in [-0.1, -0.05) is 60.7 Å². The number of aromatic nitrogens is 2. The van der Waals surface area contributed by atoms with Gasteiger partial charge < -0.3 is 10.3 Å². The fourth-order valence-electron chi connectivity index (χ4n) is 4.66. The minimum Gasteiger partial charge on any atom is -0.365 e. The molecule has 2 heterocycles. The summed E-state index contributed by atoms with van der Waals surface area (Å²) >= 11 is 0. The van der Waals surface area contributed by atoms with Gasteiger partial charge in [-0.25, -0.2) is 0 Å². The van der Waals surface area contributed by atoms with E-state index >= 15 is 0 Å². The van der Waals surface area contributed by atoms with Crippen molar-refractivity contribution in [1.82, 2.24) is 9.55 Å². The van der Waals surface area contributed by atoms with Crippen LogP contribution in [0.25, 0.3) is 22.2 Å². The van der Waals surface area contributed by atoms with E-state index in [1.54, 1.807) is 0 Å². The number of rotatable bonds is 4. The molecule has 0 spiro atoms. The van der Waals surface area contributed by atoms with Gasteiger partial charge in [0, 0.05) is 23.5 Å². The Morgan fingerprint density at radius 1 is 1.03 bits per heavy atom. The first-order valence-corrected chi connectivity index (χ1v) is 10.1. The minimum absolute atomic E-state index is 0.413. The van der Waals surface area contributed by atoms with Gasteiger partial charge in [0.25, 0.3) is 5.91 Å². The summed E-state index contributed by atoms with van der Waals surface area (Å²) in [5.41, 5.74) is 15.0. The molecule has 4 aromatic rings. The lowest BCUT2D eigenvalue weighted by atomic mass is 9.97. The highest BCUT2D eigenvalue weighted by Crippen LogP contribution is 2.40. The van der Waals surface area contributed by atoms with Crippen molar-refractivity contribution in [3.05, 3.63) is 88.7 Å². The first-order valence-electron chi connectivity index (χ1n) is 10.1. The van der Waals surface area contributed by atoms with Crippen LogP contribution in [0.1, 0.15) is 39.3 Å². The normalized spacial score (nSPS) is 13.0. The van der Waals surface area contributed by atoms with E-state index in [1.165, 1.54) is 22.3 Å². The Morgan fingerprint density at radius 2 is 1.72 bits per heavy atom. The highest BCUT2D eigenvalue weighted by Gasteiger charge is 2.28. The highest BCUT2D eigenvalue weighted by molar-refractivity contribution is 6.10. The van der Waals surface area contributed by atoms with E-state index in [1.807, 2.05) is 31.2 Å². The van der Waals surface area contributed by atoms with Gasteiger partial charge in [-0.15, -0.1) is 0 Å². The number of fused-ring (bicyclic) bond motifs is 2. The van der Waals surface area contributed by atoms with Crippen LogP contribution in [0, 0.1) is 6.92 Å². The van der Waals surface area contributed by atoms with Crippen molar-refractivity contribution >= 4 is 16.9 Å². The molecule has 4 nitrogen and oxygen atoms in total. The number of nitrogens with zero attached hydrogens (tertiary/aromatic N) is 2. The highest BCUT2D eigenvalue weighted by atomic mass is 16.1. The van der Waals surface area contributed by atoms with Crippen molar-refractivity contribution in [2.24, 2.45) is 5.73 Å². The van der Waals surface area contributed by atoms with Crippen LogP contribution in [-0.2, 0) is 19.4 Å². The number of carbonyl (C=O) groups excluding carboxylic acids is 1. The molecule has 0 unspecified atom stereocenters. The van der Waals surface area contributed by atoms with E-state index in [0.717, 1.165) is 41.7 Å². The van der Waals surface area contributed by atoms with Crippen molar-refractivity contribution in [2.75, 3.05) is 0 Å². The number of primary amides is 1. The fraction of sp³-hybridized carbons (Fsp3) is 0.200. The monoisotopic (exact) mass is 381 g/mol. The summed E-state index contributed by atoms with van der Waals surface area (Å²) in [4.78, 5) is 17.4. The van der Waals surface area contributed by atoms with Crippen LogP contribution in [0.2, 0.25) is 0 Å². The molecule has 2 N–H and O–H groups in total. The third kappa shape index (κ3) is 2.83. The lowest BCUT2D eigenvalue weighted by molar-refractivity contribution is 0.100. The van der Waals surface area contributed by atoms with E-state index < -0.39 is 5.91 Å². The second kappa shape index (κ2) is 6.89. The lowest BCUT2D eigenvalue weighted by Crippen LogP contribution is -2.13. The molecule has 2 aromatic heterocycles. The number of carbonyl (C=O) groups is 1. The van der Waals surface area contributed by atoms with Crippen molar-refractivity contribution < 1.29 is 4.79 Å². The number of pyridine rings is 1. The third-order valence-corrected chi connectivity index (χ3v) is 5.96. The Morgan fingerprint density at radius 3 is 2.41 bits per heavy atom. The molecule has 29 heavy (non-hydrogen) atoms. The molecule has 4 heteroatoms. The van der Waals surface area contributed by atoms with Gasteiger partial charge in [0.2, 0.25) is 0 Å². The summed E-state index contributed by atoms with van der Waals surface area (Å²) in [7, 11) is 0. The van der Waals surface area contributed by atoms with Gasteiger partial charge in [-0.05, 0) is 42.9 Å². The summed E-state index contributed by atoms with van der Waals surface area (Å²) in [6, 6.07) is 20.8. The molecule has 144 valence electrons. The predicted octanol–water partition coefficient (Wildman–Crippen LogP) is 4.65. The molecule has 1 amide bonds. The Kier molecular flexibility index (Phi) is 4.20. The summed E-state index contributed by atoms with van der Waals surface area (Å²) in [5.74, 6) is -0.413. The zero-order chi connectivity index (χ0) is 20.0. The van der Waals surface area contributed by atoms with Crippen LogP contribution in [0.15, 0.2) is 60.7 Å². The second-order valence-electron chi connectivity index (χ2n) is 7.73. The smallest absolute Gasteiger partial charge is 0.252 e. The molecule has 0 atom stereocenters. The second-order valence-corrected chi connectivity index (χ2v) is 7.73. The molecule has 0 aliphatic heterocycles. The van der Waals surface area contributed by atoms with Crippen LogP contribution in [0.4, 0.5) is 0 Å². The van der Waals surface area contributed by atoms with E-state index in [2.05, 4.69) is 41.0 Å². The van der Waals surface area contributed by atoms with Gasteiger partial charge >= 0.3 is 0 Å². The molecule has 2 aromatic carbocycles. The fourth-order valence-corrected chi connectivity index (χ4v) is 4.66. The molecule has 0 saturated carbocycles.